The number of nitrogens with one attached hydrogen (secondary N) is 1. The Bertz CT molecular complexity index is 648. The smallest absolute Gasteiger partial charge is 0.257 e. The fourth-order valence-corrected chi connectivity index (χ4v) is 2.82. The summed E-state index contributed by atoms with van der Waals surface area (Å²) in [4.78, 5) is 12.5. The van der Waals surface area contributed by atoms with Gasteiger partial charge in [0.15, 0.2) is 0 Å². The quantitative estimate of drug-likeness (QED) is 0.762. The van der Waals surface area contributed by atoms with Gasteiger partial charge in [0.05, 0.1) is 10.6 Å². The number of carbonyl (C=O) groups is 1. The summed E-state index contributed by atoms with van der Waals surface area (Å²) in [7, 11) is 0. The van der Waals surface area contributed by atoms with Gasteiger partial charge < -0.3 is 5.32 Å². The summed E-state index contributed by atoms with van der Waals surface area (Å²) in [6.45, 7) is 4.16. The van der Waals surface area contributed by atoms with Gasteiger partial charge in [0, 0.05) is 10.2 Å². The number of rotatable bonds is 4. The number of halogens is 2. The Morgan fingerprint density at radius 3 is 2.33 bits per heavy atom. The van der Waals surface area contributed by atoms with Crippen LogP contribution in [0.4, 0.5) is 5.69 Å². The van der Waals surface area contributed by atoms with Crippen LogP contribution in [0, 0.1) is 0 Å². The molecule has 0 bridgehead atoms. The molecule has 2 nitrogen and oxygen atoms in total. The topological polar surface area (TPSA) is 29.1 Å². The molecule has 2 aromatic rings. The van der Waals surface area contributed by atoms with Gasteiger partial charge in [0.1, 0.15) is 0 Å². The molecule has 2 rings (SSSR count). The molecule has 2 aromatic carbocycles. The first-order valence-electron chi connectivity index (χ1n) is 6.94. The molecule has 0 spiro atoms. The molecule has 1 amide bonds. The Balaban J connectivity index is 2.38. The number of hydrogen-bond acceptors (Lipinski definition) is 1. The van der Waals surface area contributed by atoms with E-state index >= 15 is 0 Å². The van der Waals surface area contributed by atoms with Gasteiger partial charge in [0.25, 0.3) is 5.91 Å². The third kappa shape index (κ3) is 3.66. The van der Waals surface area contributed by atoms with Crippen LogP contribution in [0.5, 0.6) is 0 Å². The van der Waals surface area contributed by atoms with Gasteiger partial charge in [-0.2, -0.15) is 0 Å². The molecule has 1 N–H and O–H groups in total. The van der Waals surface area contributed by atoms with E-state index in [0.29, 0.717) is 10.6 Å². The Morgan fingerprint density at radius 1 is 1.14 bits per heavy atom. The molecule has 21 heavy (non-hydrogen) atoms. The average Bonchev–Trinajstić information content (AvgIpc) is 2.49. The van der Waals surface area contributed by atoms with Crippen molar-refractivity contribution in [1.29, 1.82) is 0 Å². The maximum atomic E-state index is 12.5. The summed E-state index contributed by atoms with van der Waals surface area (Å²) in [6.07, 6.45) is 1.74. The molecule has 0 saturated carbocycles. The van der Waals surface area contributed by atoms with E-state index in [-0.39, 0.29) is 5.91 Å². The Hall–Kier alpha value is -1.32. The first-order chi connectivity index (χ1) is 10.1. The second kappa shape index (κ2) is 7.10. The number of hydrogen-bond donors (Lipinski definition) is 1. The molecular formula is C17H17BrClNO. The number of carbonyl (C=O) groups excluding carboxylic acids is 1. The van der Waals surface area contributed by atoms with Crippen molar-refractivity contribution in [2.45, 2.75) is 26.7 Å². The fourth-order valence-electron chi connectivity index (χ4n) is 2.26. The summed E-state index contributed by atoms with van der Waals surface area (Å²) >= 11 is 9.49. The van der Waals surface area contributed by atoms with Crippen LogP contribution in [0.15, 0.2) is 40.9 Å². The minimum Gasteiger partial charge on any atom is -0.321 e. The molecule has 0 aliphatic carbocycles. The first kappa shape index (κ1) is 16.1. The summed E-state index contributed by atoms with van der Waals surface area (Å²) in [5.74, 6) is -0.183. The maximum absolute atomic E-state index is 12.5. The predicted molar refractivity (Wildman–Crippen MR) is 92.3 cm³/mol. The van der Waals surface area contributed by atoms with Gasteiger partial charge in [-0.15, -0.1) is 0 Å². The molecule has 0 atom stereocenters. The number of benzene rings is 2. The van der Waals surface area contributed by atoms with E-state index in [4.69, 9.17) is 11.6 Å². The highest BCUT2D eigenvalue weighted by atomic mass is 79.9. The van der Waals surface area contributed by atoms with Crippen LogP contribution in [0.25, 0.3) is 0 Å². The molecule has 0 aliphatic rings. The maximum Gasteiger partial charge on any atom is 0.257 e. The minimum atomic E-state index is -0.183. The molecule has 0 fully saturated rings. The van der Waals surface area contributed by atoms with Crippen LogP contribution < -0.4 is 5.32 Å². The van der Waals surface area contributed by atoms with Gasteiger partial charge in [-0.1, -0.05) is 59.6 Å². The highest BCUT2D eigenvalue weighted by molar-refractivity contribution is 9.10. The highest BCUT2D eigenvalue weighted by Crippen LogP contribution is 2.26. The van der Waals surface area contributed by atoms with E-state index < -0.39 is 0 Å². The Kier molecular flexibility index (Phi) is 5.43. The standard InChI is InChI=1S/C17H17BrClNO/c1-3-11-6-5-7-12(4-2)16(11)20-17(21)14-10-13(18)8-9-15(14)19/h5-10H,3-4H2,1-2H3,(H,20,21). The van der Waals surface area contributed by atoms with Gasteiger partial charge in [-0.05, 0) is 42.2 Å². The molecule has 0 radical (unpaired) electrons. The summed E-state index contributed by atoms with van der Waals surface area (Å²) in [5, 5.41) is 3.47. The fraction of sp³-hybridized carbons (Fsp3) is 0.235. The Labute approximate surface area is 138 Å². The van der Waals surface area contributed by atoms with Crippen molar-refractivity contribution in [2.75, 3.05) is 5.32 Å². The largest absolute Gasteiger partial charge is 0.321 e. The molecule has 0 saturated heterocycles. The van der Waals surface area contributed by atoms with Crippen molar-refractivity contribution in [3.05, 3.63) is 62.6 Å². The monoisotopic (exact) mass is 365 g/mol. The lowest BCUT2D eigenvalue weighted by molar-refractivity contribution is 0.102. The van der Waals surface area contributed by atoms with Crippen molar-refractivity contribution in [3.63, 3.8) is 0 Å². The van der Waals surface area contributed by atoms with Crippen molar-refractivity contribution < 1.29 is 4.79 Å². The van der Waals surface area contributed by atoms with E-state index in [9.17, 15) is 4.79 Å². The van der Waals surface area contributed by atoms with Crippen molar-refractivity contribution >= 4 is 39.1 Å². The van der Waals surface area contributed by atoms with Crippen molar-refractivity contribution in [3.8, 4) is 0 Å². The lowest BCUT2D eigenvalue weighted by Gasteiger charge is -2.15. The van der Waals surface area contributed by atoms with Crippen LogP contribution in [0.2, 0.25) is 5.02 Å². The molecule has 4 heteroatoms. The van der Waals surface area contributed by atoms with Gasteiger partial charge in [0.2, 0.25) is 0 Å². The van der Waals surface area contributed by atoms with Gasteiger partial charge in [-0.3, -0.25) is 4.79 Å². The predicted octanol–water partition coefficient (Wildman–Crippen LogP) is 5.48. The Morgan fingerprint density at radius 2 is 1.76 bits per heavy atom. The number of para-hydroxylation sites is 1. The van der Waals surface area contributed by atoms with Crippen LogP contribution >= 0.6 is 27.5 Å². The minimum absolute atomic E-state index is 0.183. The first-order valence-corrected chi connectivity index (χ1v) is 8.11. The van der Waals surface area contributed by atoms with Crippen molar-refractivity contribution in [1.82, 2.24) is 0 Å². The zero-order valence-corrected chi connectivity index (χ0v) is 14.4. The van der Waals surface area contributed by atoms with Gasteiger partial charge >= 0.3 is 0 Å². The molecule has 0 heterocycles. The second-order valence-electron chi connectivity index (χ2n) is 4.74. The van der Waals surface area contributed by atoms with E-state index in [2.05, 4.69) is 35.1 Å². The summed E-state index contributed by atoms with van der Waals surface area (Å²) in [5.41, 5.74) is 3.64. The normalized spacial score (nSPS) is 10.5. The van der Waals surface area contributed by atoms with E-state index in [1.54, 1.807) is 12.1 Å². The third-order valence-corrected chi connectivity index (χ3v) is 4.23. The lowest BCUT2D eigenvalue weighted by Crippen LogP contribution is -2.15. The average molecular weight is 367 g/mol. The zero-order chi connectivity index (χ0) is 15.4. The second-order valence-corrected chi connectivity index (χ2v) is 6.06. The number of anilines is 1. The van der Waals surface area contributed by atoms with Crippen LogP contribution in [-0.2, 0) is 12.8 Å². The SMILES string of the molecule is CCc1cccc(CC)c1NC(=O)c1cc(Br)ccc1Cl. The number of amides is 1. The highest BCUT2D eigenvalue weighted by Gasteiger charge is 2.14. The molecular weight excluding hydrogens is 350 g/mol. The van der Waals surface area contributed by atoms with Crippen LogP contribution in [0.1, 0.15) is 35.3 Å². The molecule has 110 valence electrons. The molecule has 0 aliphatic heterocycles. The van der Waals surface area contributed by atoms with Gasteiger partial charge in [-0.25, -0.2) is 0 Å². The van der Waals surface area contributed by atoms with Crippen LogP contribution in [-0.4, -0.2) is 5.91 Å². The molecule has 0 unspecified atom stereocenters. The summed E-state index contributed by atoms with van der Waals surface area (Å²) < 4.78 is 0.830. The lowest BCUT2D eigenvalue weighted by atomic mass is 10.0. The van der Waals surface area contributed by atoms with Crippen molar-refractivity contribution in [2.24, 2.45) is 0 Å². The van der Waals surface area contributed by atoms with E-state index in [1.165, 1.54) is 0 Å². The van der Waals surface area contributed by atoms with E-state index in [0.717, 1.165) is 34.1 Å². The zero-order valence-electron chi connectivity index (χ0n) is 12.0. The molecule has 0 aromatic heterocycles. The van der Waals surface area contributed by atoms with E-state index in [1.807, 2.05) is 24.3 Å². The summed E-state index contributed by atoms with van der Waals surface area (Å²) in [6, 6.07) is 11.4. The van der Waals surface area contributed by atoms with Crippen LogP contribution in [0.3, 0.4) is 0 Å². The number of aryl methyl sites for hydroxylation is 2. The third-order valence-electron chi connectivity index (χ3n) is 3.41.